The Morgan fingerprint density at radius 2 is 2.13 bits per heavy atom. The molecule has 3 nitrogen and oxygen atoms in total. The lowest BCUT2D eigenvalue weighted by Crippen LogP contribution is -2.50. The first-order chi connectivity index (χ1) is 6.95. The van der Waals surface area contributed by atoms with Crippen LogP contribution in [0.4, 0.5) is 13.2 Å². The zero-order valence-electron chi connectivity index (χ0n) is 8.68. The molecule has 1 fully saturated rings. The molecule has 1 rings (SSSR count). The normalized spacial score (nSPS) is 28.6. The summed E-state index contributed by atoms with van der Waals surface area (Å²) >= 11 is 0. The quantitative estimate of drug-likeness (QED) is 0.778. The molecule has 0 amide bonds. The molecule has 1 atom stereocenters. The van der Waals surface area contributed by atoms with Crippen LogP contribution in [-0.2, 0) is 4.74 Å². The largest absolute Gasteiger partial charge is 0.418 e. The fraction of sp³-hybridized carbons (Fsp3) is 1.00. The minimum absolute atomic E-state index is 0.0481. The Balaban J connectivity index is 2.69. The van der Waals surface area contributed by atoms with Gasteiger partial charge < -0.3 is 9.84 Å². The van der Waals surface area contributed by atoms with Gasteiger partial charge in [0, 0.05) is 26.2 Å². The minimum Gasteiger partial charge on any atom is -0.395 e. The van der Waals surface area contributed by atoms with E-state index in [1.165, 1.54) is 0 Å². The van der Waals surface area contributed by atoms with Crippen molar-refractivity contribution in [2.75, 3.05) is 32.8 Å². The number of ether oxygens (including phenoxy) is 1. The highest BCUT2D eigenvalue weighted by molar-refractivity contribution is 4.97. The average molecular weight is 227 g/mol. The maximum Gasteiger partial charge on any atom is 0.418 e. The summed E-state index contributed by atoms with van der Waals surface area (Å²) in [5.74, 6) is 0. The summed E-state index contributed by atoms with van der Waals surface area (Å²) in [5.41, 5.74) is -2.03. The van der Waals surface area contributed by atoms with E-state index in [1.54, 1.807) is 11.8 Å². The standard InChI is InChI=1S/C9H16F3NO2/c1-2-15-8(9(10,11)12)3-4-13(7-8)5-6-14/h14H,2-7H2,1H3/t8-/m1/s1. The third-order valence-corrected chi connectivity index (χ3v) is 2.66. The smallest absolute Gasteiger partial charge is 0.395 e. The SMILES string of the molecule is CCO[C@]1(C(F)(F)F)CCN(CCO)C1. The molecule has 0 radical (unpaired) electrons. The van der Waals surface area contributed by atoms with Crippen molar-refractivity contribution in [1.82, 2.24) is 4.90 Å². The first-order valence-electron chi connectivity index (χ1n) is 4.99. The van der Waals surface area contributed by atoms with E-state index in [2.05, 4.69) is 0 Å². The molecule has 0 unspecified atom stereocenters. The van der Waals surface area contributed by atoms with Crippen LogP contribution in [0.5, 0.6) is 0 Å². The van der Waals surface area contributed by atoms with E-state index in [4.69, 9.17) is 9.84 Å². The predicted molar refractivity (Wildman–Crippen MR) is 48.6 cm³/mol. The van der Waals surface area contributed by atoms with Crippen LogP contribution in [0.25, 0.3) is 0 Å². The predicted octanol–water partition coefficient (Wildman–Crippen LogP) is 1.02. The summed E-state index contributed by atoms with van der Waals surface area (Å²) in [7, 11) is 0. The van der Waals surface area contributed by atoms with Gasteiger partial charge in [-0.2, -0.15) is 13.2 Å². The molecule has 90 valence electrons. The molecule has 0 aliphatic carbocycles. The van der Waals surface area contributed by atoms with Crippen molar-refractivity contribution >= 4 is 0 Å². The number of rotatable bonds is 4. The van der Waals surface area contributed by atoms with Crippen LogP contribution in [0.15, 0.2) is 0 Å². The van der Waals surface area contributed by atoms with Gasteiger partial charge in [0.05, 0.1) is 6.61 Å². The summed E-state index contributed by atoms with van der Waals surface area (Å²) in [5, 5.41) is 8.67. The number of β-amino-alcohol motifs (C(OH)–C–C–N with tert-alkyl or cyclic N) is 1. The fourth-order valence-electron chi connectivity index (χ4n) is 1.90. The van der Waals surface area contributed by atoms with Gasteiger partial charge in [0.1, 0.15) is 0 Å². The Morgan fingerprint density at radius 1 is 1.47 bits per heavy atom. The lowest BCUT2D eigenvalue weighted by Gasteiger charge is -2.31. The van der Waals surface area contributed by atoms with E-state index in [0.717, 1.165) is 0 Å². The van der Waals surface area contributed by atoms with E-state index in [-0.39, 0.29) is 32.7 Å². The molecular weight excluding hydrogens is 211 g/mol. The lowest BCUT2D eigenvalue weighted by molar-refractivity contribution is -0.271. The van der Waals surface area contributed by atoms with Crippen molar-refractivity contribution in [3.05, 3.63) is 0 Å². The first kappa shape index (κ1) is 12.7. The van der Waals surface area contributed by atoms with Gasteiger partial charge in [-0.15, -0.1) is 0 Å². The van der Waals surface area contributed by atoms with Gasteiger partial charge >= 0.3 is 6.18 Å². The number of aliphatic hydroxyl groups is 1. The number of nitrogens with zero attached hydrogens (tertiary/aromatic N) is 1. The van der Waals surface area contributed by atoms with Gasteiger partial charge in [-0.25, -0.2) is 0 Å². The summed E-state index contributed by atoms with van der Waals surface area (Å²) in [4.78, 5) is 1.57. The van der Waals surface area contributed by atoms with Crippen LogP contribution in [0.2, 0.25) is 0 Å². The van der Waals surface area contributed by atoms with Crippen LogP contribution in [0, 0.1) is 0 Å². The summed E-state index contributed by atoms with van der Waals surface area (Å²) in [6.45, 7) is 1.89. The van der Waals surface area contributed by atoms with Crippen LogP contribution in [0.3, 0.4) is 0 Å². The number of alkyl halides is 3. The number of hydrogen-bond donors (Lipinski definition) is 1. The number of likely N-dealkylation sites (tertiary alicyclic amines) is 1. The third-order valence-electron chi connectivity index (χ3n) is 2.66. The molecule has 1 saturated heterocycles. The number of halogens is 3. The van der Waals surface area contributed by atoms with Gasteiger partial charge in [-0.3, -0.25) is 4.90 Å². The molecule has 1 N–H and O–H groups in total. The van der Waals surface area contributed by atoms with Gasteiger partial charge in [-0.1, -0.05) is 0 Å². The van der Waals surface area contributed by atoms with Crippen molar-refractivity contribution in [1.29, 1.82) is 0 Å². The monoisotopic (exact) mass is 227 g/mol. The molecule has 0 aromatic rings. The van der Waals surface area contributed by atoms with E-state index >= 15 is 0 Å². The molecule has 0 spiro atoms. The lowest BCUT2D eigenvalue weighted by atomic mass is 10.0. The maximum absolute atomic E-state index is 12.8. The topological polar surface area (TPSA) is 32.7 Å². The molecular formula is C9H16F3NO2. The highest BCUT2D eigenvalue weighted by Gasteiger charge is 2.58. The number of hydrogen-bond acceptors (Lipinski definition) is 3. The molecule has 1 heterocycles. The van der Waals surface area contributed by atoms with Crippen LogP contribution >= 0.6 is 0 Å². The van der Waals surface area contributed by atoms with Gasteiger partial charge in [0.2, 0.25) is 0 Å². The minimum atomic E-state index is -4.34. The molecule has 0 aromatic carbocycles. The maximum atomic E-state index is 12.8. The Hall–Kier alpha value is -0.330. The van der Waals surface area contributed by atoms with Crippen molar-refractivity contribution in [3.63, 3.8) is 0 Å². The van der Waals surface area contributed by atoms with Gasteiger partial charge in [0.25, 0.3) is 0 Å². The molecule has 0 bridgehead atoms. The first-order valence-corrected chi connectivity index (χ1v) is 4.99. The van der Waals surface area contributed by atoms with E-state index in [9.17, 15) is 13.2 Å². The fourth-order valence-corrected chi connectivity index (χ4v) is 1.90. The summed E-state index contributed by atoms with van der Waals surface area (Å²) < 4.78 is 43.3. The van der Waals surface area contributed by atoms with Crippen molar-refractivity contribution in [2.24, 2.45) is 0 Å². The zero-order valence-corrected chi connectivity index (χ0v) is 8.68. The van der Waals surface area contributed by atoms with Crippen LogP contribution in [0.1, 0.15) is 13.3 Å². The Morgan fingerprint density at radius 3 is 2.60 bits per heavy atom. The molecule has 0 saturated carbocycles. The molecule has 6 heteroatoms. The Bertz CT molecular complexity index is 210. The Kier molecular flexibility index (Phi) is 3.97. The van der Waals surface area contributed by atoms with Crippen molar-refractivity contribution < 1.29 is 23.0 Å². The van der Waals surface area contributed by atoms with E-state index < -0.39 is 11.8 Å². The van der Waals surface area contributed by atoms with E-state index in [0.29, 0.717) is 6.54 Å². The third kappa shape index (κ3) is 2.62. The molecule has 0 aromatic heterocycles. The second-order valence-corrected chi connectivity index (χ2v) is 3.67. The average Bonchev–Trinajstić information content (AvgIpc) is 2.50. The second kappa shape index (κ2) is 4.67. The summed E-state index contributed by atoms with van der Waals surface area (Å²) in [6, 6.07) is 0. The number of aliphatic hydroxyl groups excluding tert-OH is 1. The molecule has 1 aliphatic heterocycles. The van der Waals surface area contributed by atoms with Crippen LogP contribution < -0.4 is 0 Å². The highest BCUT2D eigenvalue weighted by atomic mass is 19.4. The molecule has 1 aliphatic rings. The highest BCUT2D eigenvalue weighted by Crippen LogP contribution is 2.40. The van der Waals surface area contributed by atoms with Crippen molar-refractivity contribution in [3.8, 4) is 0 Å². The second-order valence-electron chi connectivity index (χ2n) is 3.67. The van der Waals surface area contributed by atoms with Crippen molar-refractivity contribution in [2.45, 2.75) is 25.1 Å². The van der Waals surface area contributed by atoms with Crippen LogP contribution in [-0.4, -0.2) is 54.6 Å². The van der Waals surface area contributed by atoms with E-state index in [1.807, 2.05) is 0 Å². The summed E-state index contributed by atoms with van der Waals surface area (Å²) in [6.07, 6.45) is -4.39. The molecule has 15 heavy (non-hydrogen) atoms. The van der Waals surface area contributed by atoms with Gasteiger partial charge in [-0.05, 0) is 13.3 Å². The van der Waals surface area contributed by atoms with Gasteiger partial charge in [0.15, 0.2) is 5.60 Å². The zero-order chi connectivity index (χ0) is 11.5. The Labute approximate surface area is 86.8 Å².